The van der Waals surface area contributed by atoms with E-state index >= 15 is 0 Å². The molecule has 0 saturated heterocycles. The summed E-state index contributed by atoms with van der Waals surface area (Å²) in [6.45, 7) is 0.310. The highest BCUT2D eigenvalue weighted by atomic mass is 35.5. The normalized spacial score (nSPS) is 11.5. The monoisotopic (exact) mass is 353 g/mol. The van der Waals surface area contributed by atoms with Gasteiger partial charge in [-0.1, -0.05) is 36.4 Å². The predicted octanol–water partition coefficient (Wildman–Crippen LogP) is 1.60. The SMILES string of the molecule is Cl.NCC(NC(=O)CSCC(N)=O)c1ccc2ccccc2c1. The first-order valence-corrected chi connectivity index (χ1v) is 8.10. The van der Waals surface area contributed by atoms with E-state index in [4.69, 9.17) is 11.5 Å². The number of hydrogen-bond acceptors (Lipinski definition) is 4. The molecule has 1 atom stereocenters. The van der Waals surface area contributed by atoms with Gasteiger partial charge in [0.1, 0.15) is 0 Å². The van der Waals surface area contributed by atoms with Crippen molar-refractivity contribution in [3.05, 3.63) is 48.0 Å². The van der Waals surface area contributed by atoms with Crippen molar-refractivity contribution in [3.8, 4) is 0 Å². The lowest BCUT2D eigenvalue weighted by atomic mass is 10.0. The number of hydrogen-bond donors (Lipinski definition) is 3. The molecular formula is C16H20ClN3O2S. The fourth-order valence-corrected chi connectivity index (χ4v) is 2.76. The number of rotatable bonds is 7. The molecule has 0 aliphatic heterocycles. The lowest BCUT2D eigenvalue weighted by Gasteiger charge is -2.18. The maximum Gasteiger partial charge on any atom is 0.230 e. The molecule has 124 valence electrons. The Morgan fingerprint density at radius 1 is 1.09 bits per heavy atom. The summed E-state index contributed by atoms with van der Waals surface area (Å²) in [6.07, 6.45) is 0. The molecule has 0 radical (unpaired) electrons. The van der Waals surface area contributed by atoms with E-state index in [1.807, 2.05) is 42.5 Å². The average molecular weight is 354 g/mol. The van der Waals surface area contributed by atoms with Gasteiger partial charge in [0.2, 0.25) is 11.8 Å². The van der Waals surface area contributed by atoms with Crippen LogP contribution in [-0.2, 0) is 9.59 Å². The van der Waals surface area contributed by atoms with Crippen LogP contribution in [0.25, 0.3) is 10.8 Å². The van der Waals surface area contributed by atoms with Gasteiger partial charge < -0.3 is 16.8 Å². The molecule has 5 nitrogen and oxygen atoms in total. The van der Waals surface area contributed by atoms with Crippen LogP contribution in [0.5, 0.6) is 0 Å². The van der Waals surface area contributed by atoms with Crippen molar-refractivity contribution < 1.29 is 9.59 Å². The molecule has 0 heterocycles. The maximum atomic E-state index is 11.9. The number of nitrogens with one attached hydrogen (secondary N) is 1. The maximum absolute atomic E-state index is 11.9. The standard InChI is InChI=1S/C16H19N3O2S.ClH/c17-8-14(19-16(21)10-22-9-15(18)20)13-6-5-11-3-1-2-4-12(11)7-13;/h1-7,14H,8-10,17H2,(H2,18,20)(H,19,21);1H. The van der Waals surface area contributed by atoms with Crippen molar-refractivity contribution in [2.24, 2.45) is 11.5 Å². The number of primary amides is 1. The highest BCUT2D eigenvalue weighted by Gasteiger charge is 2.13. The van der Waals surface area contributed by atoms with Gasteiger partial charge in [-0.05, 0) is 22.4 Å². The summed E-state index contributed by atoms with van der Waals surface area (Å²) < 4.78 is 0. The number of carbonyl (C=O) groups excluding carboxylic acids is 2. The quantitative estimate of drug-likeness (QED) is 0.704. The molecule has 7 heteroatoms. The molecule has 0 fully saturated rings. The number of nitrogens with two attached hydrogens (primary N) is 2. The van der Waals surface area contributed by atoms with Gasteiger partial charge in [0, 0.05) is 6.54 Å². The first-order valence-electron chi connectivity index (χ1n) is 6.94. The molecule has 23 heavy (non-hydrogen) atoms. The first kappa shape index (κ1) is 19.3. The van der Waals surface area contributed by atoms with E-state index < -0.39 is 5.91 Å². The number of fused-ring (bicyclic) bond motifs is 1. The van der Waals surface area contributed by atoms with Gasteiger partial charge in [0.15, 0.2) is 0 Å². The van der Waals surface area contributed by atoms with Gasteiger partial charge in [-0.25, -0.2) is 0 Å². The number of halogens is 1. The van der Waals surface area contributed by atoms with Gasteiger partial charge in [-0.15, -0.1) is 24.2 Å². The summed E-state index contributed by atoms with van der Waals surface area (Å²) >= 11 is 1.19. The third-order valence-corrected chi connectivity index (χ3v) is 4.18. The lowest BCUT2D eigenvalue weighted by Crippen LogP contribution is -2.34. The molecule has 5 N–H and O–H groups in total. The minimum atomic E-state index is -0.428. The third kappa shape index (κ3) is 5.74. The molecule has 0 saturated carbocycles. The molecule has 0 bridgehead atoms. The van der Waals surface area contributed by atoms with Crippen molar-refractivity contribution in [1.82, 2.24) is 5.32 Å². The summed E-state index contributed by atoms with van der Waals surface area (Å²) in [5.41, 5.74) is 11.8. The van der Waals surface area contributed by atoms with Gasteiger partial charge >= 0.3 is 0 Å². The van der Waals surface area contributed by atoms with E-state index in [1.54, 1.807) is 0 Å². The Labute approximate surface area is 145 Å². The second kappa shape index (κ2) is 9.39. The van der Waals surface area contributed by atoms with Crippen LogP contribution >= 0.6 is 24.2 Å². The highest BCUT2D eigenvalue weighted by molar-refractivity contribution is 8.00. The smallest absolute Gasteiger partial charge is 0.230 e. The summed E-state index contributed by atoms with van der Waals surface area (Å²) in [5.74, 6) is -0.262. The Bertz CT molecular complexity index is 681. The zero-order valence-corrected chi connectivity index (χ0v) is 14.2. The Morgan fingerprint density at radius 2 is 1.78 bits per heavy atom. The first-order chi connectivity index (χ1) is 10.6. The topological polar surface area (TPSA) is 98.2 Å². The fourth-order valence-electron chi connectivity index (χ4n) is 2.18. The van der Waals surface area contributed by atoms with Crippen LogP contribution in [0.3, 0.4) is 0 Å². The van der Waals surface area contributed by atoms with Gasteiger partial charge in [0.25, 0.3) is 0 Å². The van der Waals surface area contributed by atoms with Crippen LogP contribution < -0.4 is 16.8 Å². The Morgan fingerprint density at radius 3 is 2.43 bits per heavy atom. The van der Waals surface area contributed by atoms with E-state index in [0.717, 1.165) is 16.3 Å². The molecular weight excluding hydrogens is 334 g/mol. The zero-order chi connectivity index (χ0) is 15.9. The lowest BCUT2D eigenvalue weighted by molar-refractivity contribution is -0.119. The van der Waals surface area contributed by atoms with Crippen molar-refractivity contribution in [1.29, 1.82) is 0 Å². The molecule has 0 aromatic heterocycles. The van der Waals surface area contributed by atoms with Crippen molar-refractivity contribution in [2.75, 3.05) is 18.1 Å². The Hall–Kier alpha value is -1.76. The van der Waals surface area contributed by atoms with Crippen LogP contribution in [0.4, 0.5) is 0 Å². The number of amides is 2. The molecule has 1 unspecified atom stereocenters. The number of benzene rings is 2. The van der Waals surface area contributed by atoms with Crippen LogP contribution in [0.15, 0.2) is 42.5 Å². The van der Waals surface area contributed by atoms with Gasteiger partial charge in [0.05, 0.1) is 17.5 Å². The Balaban J connectivity index is 0.00000264. The van der Waals surface area contributed by atoms with Crippen LogP contribution in [-0.4, -0.2) is 29.9 Å². The largest absolute Gasteiger partial charge is 0.369 e. The summed E-state index contributed by atoms with van der Waals surface area (Å²) in [5, 5.41) is 5.14. The second-order valence-corrected chi connectivity index (χ2v) is 5.91. The van der Waals surface area contributed by atoms with Crippen molar-refractivity contribution >= 4 is 46.8 Å². The van der Waals surface area contributed by atoms with E-state index in [0.29, 0.717) is 6.54 Å². The summed E-state index contributed by atoms with van der Waals surface area (Å²) in [7, 11) is 0. The van der Waals surface area contributed by atoms with Gasteiger partial charge in [-0.2, -0.15) is 0 Å². The summed E-state index contributed by atoms with van der Waals surface area (Å²) in [4.78, 5) is 22.5. The minimum absolute atomic E-state index is 0. The minimum Gasteiger partial charge on any atom is -0.369 e. The average Bonchev–Trinajstić information content (AvgIpc) is 2.51. The molecule has 2 amide bonds. The molecule has 2 aromatic rings. The second-order valence-electron chi connectivity index (χ2n) is 4.92. The number of thioether (sulfide) groups is 1. The van der Waals surface area contributed by atoms with E-state index in [9.17, 15) is 9.59 Å². The molecule has 2 aromatic carbocycles. The van der Waals surface area contributed by atoms with E-state index in [-0.39, 0.29) is 35.9 Å². The van der Waals surface area contributed by atoms with Crippen molar-refractivity contribution in [2.45, 2.75) is 6.04 Å². The van der Waals surface area contributed by atoms with Crippen LogP contribution in [0, 0.1) is 0 Å². The molecule has 0 spiro atoms. The third-order valence-electron chi connectivity index (χ3n) is 3.22. The van der Waals surface area contributed by atoms with Crippen LogP contribution in [0.1, 0.15) is 11.6 Å². The zero-order valence-electron chi connectivity index (χ0n) is 12.5. The number of carbonyl (C=O) groups is 2. The van der Waals surface area contributed by atoms with Crippen molar-refractivity contribution in [3.63, 3.8) is 0 Å². The predicted molar refractivity (Wildman–Crippen MR) is 97.7 cm³/mol. The highest BCUT2D eigenvalue weighted by Crippen LogP contribution is 2.20. The Kier molecular flexibility index (Phi) is 7.88. The fraction of sp³-hybridized carbons (Fsp3) is 0.250. The van der Waals surface area contributed by atoms with Gasteiger partial charge in [-0.3, -0.25) is 9.59 Å². The summed E-state index contributed by atoms with van der Waals surface area (Å²) in [6, 6.07) is 13.8. The molecule has 2 rings (SSSR count). The van der Waals surface area contributed by atoms with Crippen LogP contribution in [0.2, 0.25) is 0 Å². The molecule has 0 aliphatic carbocycles. The molecule has 0 aliphatic rings. The van der Waals surface area contributed by atoms with E-state index in [1.165, 1.54) is 11.8 Å². The van der Waals surface area contributed by atoms with E-state index in [2.05, 4.69) is 5.32 Å².